The molecule has 0 amide bonds. The van der Waals surface area contributed by atoms with Crippen molar-refractivity contribution in [2.24, 2.45) is 5.41 Å². The van der Waals surface area contributed by atoms with Gasteiger partial charge in [-0.3, -0.25) is 0 Å². The summed E-state index contributed by atoms with van der Waals surface area (Å²) in [5.74, 6) is 0. The minimum atomic E-state index is -5.79. The first-order valence-corrected chi connectivity index (χ1v) is 8.00. The first kappa shape index (κ1) is 18.8. The van der Waals surface area contributed by atoms with E-state index in [-0.39, 0.29) is 25.7 Å². The van der Waals surface area contributed by atoms with Gasteiger partial charge in [-0.1, -0.05) is 38.5 Å². The summed E-state index contributed by atoms with van der Waals surface area (Å²) in [4.78, 5) is 0. The highest BCUT2D eigenvalue weighted by Gasteiger charge is 2.85. The molecule has 2 aliphatic rings. The zero-order valence-corrected chi connectivity index (χ0v) is 12.7. The molecular formula is C15H22F6O2. The van der Waals surface area contributed by atoms with Crippen LogP contribution in [-0.4, -0.2) is 33.8 Å². The molecule has 2 aliphatic carbocycles. The normalized spacial score (nSPS) is 26.1. The Morgan fingerprint density at radius 1 is 0.522 bits per heavy atom. The maximum Gasteiger partial charge on any atom is 0.408 e. The van der Waals surface area contributed by atoms with Gasteiger partial charge in [-0.2, -0.15) is 26.3 Å². The molecule has 0 atom stereocenters. The molecule has 2 rings (SSSR count). The summed E-state index contributed by atoms with van der Waals surface area (Å²) >= 11 is 0. The van der Waals surface area contributed by atoms with Crippen LogP contribution in [0, 0.1) is 5.41 Å². The molecule has 23 heavy (non-hydrogen) atoms. The van der Waals surface area contributed by atoms with E-state index in [4.69, 9.17) is 0 Å². The van der Waals surface area contributed by atoms with Gasteiger partial charge >= 0.3 is 12.4 Å². The van der Waals surface area contributed by atoms with Gasteiger partial charge < -0.3 is 10.2 Å². The Hall–Kier alpha value is -0.500. The topological polar surface area (TPSA) is 40.5 Å². The number of halogens is 6. The van der Waals surface area contributed by atoms with Crippen molar-refractivity contribution in [1.29, 1.82) is 0 Å². The van der Waals surface area contributed by atoms with Crippen molar-refractivity contribution in [3.8, 4) is 0 Å². The lowest BCUT2D eigenvalue weighted by Gasteiger charge is -2.58. The van der Waals surface area contributed by atoms with Gasteiger partial charge in [0.1, 0.15) is 0 Å². The third-order valence-corrected chi connectivity index (χ3v) is 5.61. The zero-order chi connectivity index (χ0) is 17.6. The average molecular weight is 348 g/mol. The van der Waals surface area contributed by atoms with E-state index in [1.165, 1.54) is 0 Å². The summed E-state index contributed by atoms with van der Waals surface area (Å²) < 4.78 is 83.3. The molecule has 0 saturated heterocycles. The SMILES string of the molecule is OC1(C(C(F)(F)F)(C(F)(F)F)C2(O)CCCCC2)CCCCC1. The standard InChI is InChI=1S/C15H22F6O2/c16-14(17,18)13(15(19,20)21,11(22)7-3-1-4-8-11)12(23)9-5-2-6-10-12/h22-23H,1-10H2. The van der Waals surface area contributed by atoms with Crippen LogP contribution in [0.2, 0.25) is 0 Å². The summed E-state index contributed by atoms with van der Waals surface area (Å²) in [7, 11) is 0. The Balaban J connectivity index is 2.70. The monoisotopic (exact) mass is 348 g/mol. The van der Waals surface area contributed by atoms with Crippen LogP contribution in [0.1, 0.15) is 64.2 Å². The lowest BCUT2D eigenvalue weighted by atomic mass is 9.53. The van der Waals surface area contributed by atoms with E-state index in [1.54, 1.807) is 0 Å². The molecule has 0 heterocycles. The zero-order valence-electron chi connectivity index (χ0n) is 12.7. The molecule has 136 valence electrons. The summed E-state index contributed by atoms with van der Waals surface area (Å²) in [5.41, 5.74) is -10.5. The Bertz CT molecular complexity index is 377. The predicted molar refractivity (Wildman–Crippen MR) is 70.6 cm³/mol. The van der Waals surface area contributed by atoms with Crippen LogP contribution in [0.5, 0.6) is 0 Å². The molecule has 0 aromatic carbocycles. The molecule has 2 nitrogen and oxygen atoms in total. The van der Waals surface area contributed by atoms with E-state index in [9.17, 15) is 36.6 Å². The predicted octanol–water partition coefficient (Wildman–Crippen LogP) is 4.49. The number of alkyl halides is 6. The van der Waals surface area contributed by atoms with Crippen LogP contribution < -0.4 is 0 Å². The lowest BCUT2D eigenvalue weighted by Crippen LogP contribution is -2.75. The molecule has 0 unspecified atom stereocenters. The third kappa shape index (κ3) is 2.65. The van der Waals surface area contributed by atoms with E-state index in [1.807, 2.05) is 0 Å². The van der Waals surface area contributed by atoms with Crippen molar-refractivity contribution < 1.29 is 36.6 Å². The van der Waals surface area contributed by atoms with E-state index in [0.717, 1.165) is 0 Å². The minimum Gasteiger partial charge on any atom is -0.388 e. The van der Waals surface area contributed by atoms with Crippen LogP contribution >= 0.6 is 0 Å². The number of aliphatic hydroxyl groups is 2. The van der Waals surface area contributed by atoms with E-state index in [2.05, 4.69) is 0 Å². The van der Waals surface area contributed by atoms with Gasteiger partial charge in [-0.15, -0.1) is 0 Å². The quantitative estimate of drug-likeness (QED) is 0.722. The second-order valence-electron chi connectivity index (χ2n) is 6.93. The third-order valence-electron chi connectivity index (χ3n) is 5.61. The van der Waals surface area contributed by atoms with Gasteiger partial charge in [0.2, 0.25) is 5.41 Å². The van der Waals surface area contributed by atoms with E-state index < -0.39 is 54.7 Å². The summed E-state index contributed by atoms with van der Waals surface area (Å²) in [6, 6.07) is 0. The van der Waals surface area contributed by atoms with Gasteiger partial charge in [0.15, 0.2) is 0 Å². The fourth-order valence-corrected chi connectivity index (χ4v) is 4.67. The lowest BCUT2D eigenvalue weighted by molar-refractivity contribution is -0.440. The minimum absolute atomic E-state index is 0.0838. The Morgan fingerprint density at radius 3 is 1.00 bits per heavy atom. The molecule has 0 bridgehead atoms. The number of rotatable bonds is 2. The molecule has 0 aliphatic heterocycles. The van der Waals surface area contributed by atoms with Crippen LogP contribution in [0.15, 0.2) is 0 Å². The molecule has 2 saturated carbocycles. The first-order valence-electron chi connectivity index (χ1n) is 8.00. The fraction of sp³-hybridized carbons (Fsp3) is 1.00. The molecule has 0 aromatic rings. The maximum atomic E-state index is 13.9. The molecular weight excluding hydrogens is 326 g/mol. The van der Waals surface area contributed by atoms with Gasteiger partial charge in [-0.25, -0.2) is 0 Å². The van der Waals surface area contributed by atoms with Gasteiger partial charge in [0.05, 0.1) is 11.2 Å². The molecule has 0 spiro atoms. The second kappa shape index (κ2) is 5.79. The maximum absolute atomic E-state index is 13.9. The Morgan fingerprint density at radius 2 is 0.783 bits per heavy atom. The van der Waals surface area contributed by atoms with Crippen LogP contribution in [0.3, 0.4) is 0 Å². The Kier molecular flexibility index (Phi) is 4.74. The van der Waals surface area contributed by atoms with Crippen molar-refractivity contribution in [2.45, 2.75) is 87.8 Å². The molecule has 8 heteroatoms. The number of hydrogen-bond acceptors (Lipinski definition) is 2. The van der Waals surface area contributed by atoms with Crippen molar-refractivity contribution in [2.75, 3.05) is 0 Å². The van der Waals surface area contributed by atoms with E-state index in [0.29, 0.717) is 12.8 Å². The number of hydrogen-bond donors (Lipinski definition) is 2. The highest BCUT2D eigenvalue weighted by atomic mass is 19.4. The molecule has 2 N–H and O–H groups in total. The highest BCUT2D eigenvalue weighted by Crippen LogP contribution is 2.67. The summed E-state index contributed by atoms with van der Waals surface area (Å²) in [6.45, 7) is 0. The van der Waals surface area contributed by atoms with Crippen molar-refractivity contribution >= 4 is 0 Å². The van der Waals surface area contributed by atoms with Crippen LogP contribution in [-0.2, 0) is 0 Å². The van der Waals surface area contributed by atoms with Crippen LogP contribution in [0.25, 0.3) is 0 Å². The fourth-order valence-electron chi connectivity index (χ4n) is 4.67. The summed E-state index contributed by atoms with van der Waals surface area (Å²) in [6.07, 6.45) is -12.7. The summed E-state index contributed by atoms with van der Waals surface area (Å²) in [5, 5.41) is 21.1. The second-order valence-corrected chi connectivity index (χ2v) is 6.93. The molecule has 2 fully saturated rings. The smallest absolute Gasteiger partial charge is 0.388 e. The average Bonchev–Trinajstić information content (AvgIpc) is 2.36. The van der Waals surface area contributed by atoms with E-state index >= 15 is 0 Å². The van der Waals surface area contributed by atoms with Crippen molar-refractivity contribution in [1.82, 2.24) is 0 Å². The molecule has 0 aromatic heterocycles. The van der Waals surface area contributed by atoms with Crippen LogP contribution in [0.4, 0.5) is 26.3 Å². The largest absolute Gasteiger partial charge is 0.408 e. The van der Waals surface area contributed by atoms with Crippen molar-refractivity contribution in [3.63, 3.8) is 0 Å². The van der Waals surface area contributed by atoms with Gasteiger partial charge in [0.25, 0.3) is 0 Å². The Labute approximate surface area is 130 Å². The van der Waals surface area contributed by atoms with Gasteiger partial charge in [0, 0.05) is 0 Å². The molecule has 0 radical (unpaired) electrons. The van der Waals surface area contributed by atoms with Gasteiger partial charge in [-0.05, 0) is 25.7 Å². The highest BCUT2D eigenvalue weighted by molar-refractivity contribution is 5.18. The van der Waals surface area contributed by atoms with Crippen molar-refractivity contribution in [3.05, 3.63) is 0 Å². The first-order chi connectivity index (χ1) is 10.4.